The number of esters is 1. The molecule has 1 amide bonds. The number of aromatic nitrogens is 2. The van der Waals surface area contributed by atoms with E-state index in [0.29, 0.717) is 0 Å². The fourth-order valence-corrected chi connectivity index (χ4v) is 14.0. The average Bonchev–Trinajstić information content (AvgIpc) is 1.12. The van der Waals surface area contributed by atoms with Gasteiger partial charge in [-0.05, 0) is 91.4 Å². The normalized spacial score (nSPS) is 39.1. The predicted octanol–water partition coefficient (Wildman–Crippen LogP) is 4.25. The molecule has 7 N–H and O–H groups in total. The van der Waals surface area contributed by atoms with Crippen molar-refractivity contribution >= 4 is 39.4 Å². The Kier molecular flexibility index (Phi) is 25.7. The lowest BCUT2D eigenvalue weighted by Gasteiger charge is -2.47. The molecule has 0 radical (unpaired) electrons. The fourth-order valence-electron chi connectivity index (χ4n) is 12.7. The van der Waals surface area contributed by atoms with Crippen molar-refractivity contribution in [2.24, 2.45) is 52.5 Å². The van der Waals surface area contributed by atoms with Crippen LogP contribution in [-0.4, -0.2) is 206 Å². The maximum absolute atomic E-state index is 16.0. The van der Waals surface area contributed by atoms with Gasteiger partial charge in [0.15, 0.2) is 30.3 Å². The van der Waals surface area contributed by atoms with Crippen LogP contribution in [0.2, 0.25) is 0 Å². The van der Waals surface area contributed by atoms with E-state index in [1.807, 2.05) is 20.8 Å². The highest BCUT2D eigenvalue weighted by molar-refractivity contribution is 7.89. The third-order valence-electron chi connectivity index (χ3n) is 17.6. The van der Waals surface area contributed by atoms with E-state index in [0.717, 1.165) is 6.20 Å². The molecule has 4 fully saturated rings. The largest absolute Gasteiger partial charge is 0.461 e. The summed E-state index contributed by atoms with van der Waals surface area (Å²) in [6.45, 7) is 26.2. The number of aromatic amines is 1. The number of amides is 1. The van der Waals surface area contributed by atoms with Gasteiger partial charge in [0.05, 0.1) is 71.8 Å². The number of nitrogens with zero attached hydrogens (tertiary/aromatic N) is 2. The van der Waals surface area contributed by atoms with Crippen LogP contribution in [0.15, 0.2) is 16.2 Å². The Morgan fingerprint density at radius 3 is 2.08 bits per heavy atom. The Bertz CT molecular complexity index is 2550. The van der Waals surface area contributed by atoms with Crippen LogP contribution in [0.1, 0.15) is 142 Å². The zero-order valence-corrected chi connectivity index (χ0v) is 54.6. The summed E-state index contributed by atoms with van der Waals surface area (Å²) in [7, 11) is 0.0804. The number of alkyl carbamates (subject to hydrolysis) is 1. The highest BCUT2D eigenvalue weighted by Crippen LogP contribution is 2.43. The molecule has 1 aromatic heterocycles. The van der Waals surface area contributed by atoms with Gasteiger partial charge in [-0.25, -0.2) is 17.9 Å². The van der Waals surface area contributed by atoms with Gasteiger partial charge in [0.1, 0.15) is 54.4 Å². The summed E-state index contributed by atoms with van der Waals surface area (Å²) >= 11 is 0. The van der Waals surface area contributed by atoms with Crippen molar-refractivity contribution in [3.8, 4) is 0 Å². The monoisotopic (exact) mass is 1250 g/mol. The molecule has 5 rings (SSSR count). The fraction of sp³-hybridized carbons (Fsp3) is 0.864. The highest BCUT2D eigenvalue weighted by Gasteiger charge is 2.53. The van der Waals surface area contributed by atoms with Gasteiger partial charge in [0.2, 0.25) is 10.0 Å². The number of Topliss-reactive ketones (excluding diaryl/α,β-unsaturated/α-hetero) is 2. The molecule has 1 saturated carbocycles. The molecule has 86 heavy (non-hydrogen) atoms. The van der Waals surface area contributed by atoms with Gasteiger partial charge >= 0.3 is 12.1 Å². The summed E-state index contributed by atoms with van der Waals surface area (Å²) < 4.78 is 92.5. The lowest BCUT2D eigenvalue weighted by Crippen LogP contribution is -2.59. The van der Waals surface area contributed by atoms with E-state index in [-0.39, 0.29) is 73.3 Å². The number of carbonyl (C=O) groups is 4. The molecule has 494 valence electrons. The van der Waals surface area contributed by atoms with Crippen LogP contribution in [0.25, 0.3) is 0 Å². The standard InChI is InChI=1S/C59H101N5O21S/c1-28(2)20-43(66)82-48-32(6)39(30(4)26-78-55-51(76-18)50(75-17)45(67)37(11)81-55)22-41(65)33(7)49(83-44-24-58(15,72)53(70)38(12)80-44)34(8)47(84-54-46(68)40(64-77-19)21-31(5)79-54)29(3)23-59(16,52(69)35(48)9)85-56(71)62-57(13,14)27-61-86(73,74)42-25-60-63-36(42)10/h25,28-35,37-39,44-51,53-55,61,67-68,70,72H,20-24,26-27H2,1-19H3,(H,60,63)(H,62,71)/t29-,30-,31+,32-,33-,34+,35+,37+,38-,39+,44-,45+,46+,47-,48+,49+,50+,51+,53-,54-,55+,58+,59-/m0/s1. The minimum absolute atomic E-state index is 0.0377. The molecule has 0 bridgehead atoms. The lowest BCUT2D eigenvalue weighted by molar-refractivity contribution is -0.304. The number of aryl methyl sites for hydroxylation is 1. The van der Waals surface area contributed by atoms with Gasteiger partial charge in [0, 0.05) is 58.3 Å². The summed E-state index contributed by atoms with van der Waals surface area (Å²) in [5.74, 6) is -8.15. The summed E-state index contributed by atoms with van der Waals surface area (Å²) in [4.78, 5) is 65.4. The molecule has 1 aromatic rings. The maximum atomic E-state index is 16.0. The zero-order valence-electron chi connectivity index (χ0n) is 53.8. The Morgan fingerprint density at radius 1 is 0.849 bits per heavy atom. The quantitative estimate of drug-likeness (QED) is 0.0708. The van der Waals surface area contributed by atoms with E-state index in [1.54, 1.807) is 76.2 Å². The Balaban J connectivity index is 1.71. The number of methoxy groups -OCH3 is 2. The molecule has 0 spiro atoms. The van der Waals surface area contributed by atoms with Crippen molar-refractivity contribution in [3.63, 3.8) is 0 Å². The first kappa shape index (κ1) is 72.9. The van der Waals surface area contributed by atoms with E-state index in [4.69, 9.17) is 52.2 Å². The number of hydrogen-bond donors (Lipinski definition) is 7. The minimum atomic E-state index is -4.12. The third-order valence-corrected chi connectivity index (χ3v) is 19.1. The number of nitrogens with one attached hydrogen (secondary N) is 3. The topological polar surface area (TPSA) is 350 Å². The summed E-state index contributed by atoms with van der Waals surface area (Å²) in [5, 5.41) is 58.6. The van der Waals surface area contributed by atoms with Crippen molar-refractivity contribution in [2.75, 3.05) is 34.5 Å². The lowest BCUT2D eigenvalue weighted by atomic mass is 9.69. The van der Waals surface area contributed by atoms with Crippen LogP contribution >= 0.6 is 0 Å². The van der Waals surface area contributed by atoms with Gasteiger partial charge in [-0.3, -0.25) is 19.5 Å². The van der Waals surface area contributed by atoms with Crippen LogP contribution in [-0.2, 0) is 76.6 Å². The summed E-state index contributed by atoms with van der Waals surface area (Å²) in [6.07, 6.45) is -15.7. The molecule has 4 aliphatic rings. The number of ketones is 2. The first-order valence-corrected chi connectivity index (χ1v) is 31.5. The zero-order chi connectivity index (χ0) is 64.7. The Hall–Kier alpha value is -3.81. The molecule has 1 aliphatic carbocycles. The van der Waals surface area contributed by atoms with Crippen LogP contribution in [0, 0.1) is 54.3 Å². The number of aliphatic hydroxyl groups excluding tert-OH is 3. The molecule has 0 aromatic carbocycles. The van der Waals surface area contributed by atoms with Crippen molar-refractivity contribution in [1.82, 2.24) is 20.2 Å². The SMILES string of the molecule is CON=C1C[C@@H](C)O[C@@H](O[C@@H]2[C@@H](C)[C@H](O[C@H]3C[C@@](C)(O)[C@@H](O)[C@H](C)O3)[C@@H](C)C(=O)C[C@H]([C@@H](C)CO[C@@H]3O[C@H](C)[C@@H](O)[C@@H](OC)[C@H]3OC)[C@H](C)[C@@H](OC(=O)CC(C)C)[C@@H](C)C(=O)[C@@](C)(OC(=O)NC(C)(C)CNS(=O)(=O)c3cn[nH]c3C)C[C@@H]2C)[C@@H]1O. The molecule has 3 aliphatic heterocycles. The van der Waals surface area contributed by atoms with Crippen molar-refractivity contribution < 1.29 is 100 Å². The van der Waals surface area contributed by atoms with Gasteiger partial charge < -0.3 is 77.9 Å². The molecule has 27 heteroatoms. The van der Waals surface area contributed by atoms with E-state index < -0.39 is 172 Å². The van der Waals surface area contributed by atoms with E-state index in [9.17, 15) is 38.4 Å². The van der Waals surface area contributed by atoms with Crippen molar-refractivity contribution in [3.05, 3.63) is 11.9 Å². The van der Waals surface area contributed by atoms with Gasteiger partial charge in [-0.15, -0.1) is 0 Å². The van der Waals surface area contributed by atoms with Crippen LogP contribution in [0.3, 0.4) is 0 Å². The number of hydrogen-bond acceptors (Lipinski definition) is 23. The van der Waals surface area contributed by atoms with Crippen LogP contribution in [0.5, 0.6) is 0 Å². The molecular formula is C59H101N5O21S. The maximum Gasteiger partial charge on any atom is 0.408 e. The number of H-pyrrole nitrogens is 1. The molecule has 4 heterocycles. The smallest absolute Gasteiger partial charge is 0.408 e. The van der Waals surface area contributed by atoms with Gasteiger partial charge in [0.25, 0.3) is 0 Å². The first-order chi connectivity index (χ1) is 39.9. The van der Waals surface area contributed by atoms with Gasteiger partial charge in [-0.2, -0.15) is 5.10 Å². The first-order valence-electron chi connectivity index (χ1n) is 30.0. The summed E-state index contributed by atoms with van der Waals surface area (Å²) in [5.41, 5.74) is -4.70. The summed E-state index contributed by atoms with van der Waals surface area (Å²) in [6, 6.07) is 0. The van der Waals surface area contributed by atoms with E-state index >= 15 is 9.59 Å². The van der Waals surface area contributed by atoms with Crippen LogP contribution < -0.4 is 10.0 Å². The van der Waals surface area contributed by atoms with E-state index in [1.165, 1.54) is 35.2 Å². The van der Waals surface area contributed by atoms with Crippen molar-refractivity contribution in [2.45, 2.75) is 251 Å². The second-order valence-corrected chi connectivity index (χ2v) is 27.9. The number of rotatable bonds is 20. The Labute approximate surface area is 507 Å². The van der Waals surface area contributed by atoms with E-state index in [2.05, 4.69) is 25.4 Å². The minimum Gasteiger partial charge on any atom is -0.461 e. The molecule has 3 saturated heterocycles. The molecular weight excluding hydrogens is 1150 g/mol. The number of sulfonamides is 1. The number of carbonyl (C=O) groups excluding carboxylic acids is 4. The molecule has 0 unspecified atom stereocenters. The average molecular weight is 1250 g/mol. The molecule has 23 atom stereocenters. The predicted molar refractivity (Wildman–Crippen MR) is 310 cm³/mol. The number of ether oxygens (including phenoxy) is 10. The third kappa shape index (κ3) is 18.0. The molecule has 26 nitrogen and oxygen atoms in total. The Morgan fingerprint density at radius 2 is 1.50 bits per heavy atom. The van der Waals surface area contributed by atoms with Gasteiger partial charge in [-0.1, -0.05) is 60.5 Å². The van der Waals surface area contributed by atoms with Crippen molar-refractivity contribution in [1.29, 1.82) is 0 Å². The number of oxime groups is 1. The highest BCUT2D eigenvalue weighted by atomic mass is 32.2. The number of aliphatic hydroxyl groups is 4. The second-order valence-electron chi connectivity index (χ2n) is 26.2. The van der Waals surface area contributed by atoms with Crippen LogP contribution in [0.4, 0.5) is 4.79 Å². The second kappa shape index (κ2) is 30.3.